The van der Waals surface area contributed by atoms with E-state index in [0.29, 0.717) is 5.69 Å². The van der Waals surface area contributed by atoms with Crippen LogP contribution in [0.3, 0.4) is 0 Å². The zero-order valence-corrected chi connectivity index (χ0v) is 10.4. The molecule has 3 aromatic rings. The normalized spacial score (nSPS) is 12.1. The fraction of sp³-hybridized carbons (Fsp3) is 0.0714. The van der Waals surface area contributed by atoms with Crippen molar-refractivity contribution in [1.82, 2.24) is 9.97 Å². The third kappa shape index (κ3) is 2.10. The van der Waals surface area contributed by atoms with Gasteiger partial charge in [-0.2, -0.15) is 0 Å². The largest absolute Gasteiger partial charge is 0.382 e. The van der Waals surface area contributed by atoms with E-state index in [9.17, 15) is 5.11 Å². The summed E-state index contributed by atoms with van der Waals surface area (Å²) in [6.07, 6.45) is 2.56. The van der Waals surface area contributed by atoms with E-state index in [0.717, 1.165) is 16.3 Å². The smallest absolute Gasteiger partial charge is 0.121 e. The van der Waals surface area contributed by atoms with Gasteiger partial charge in [0.2, 0.25) is 0 Å². The number of aliphatic hydroxyl groups is 1. The Morgan fingerprint density at radius 2 is 1.83 bits per heavy atom. The van der Waals surface area contributed by atoms with Gasteiger partial charge in [0.25, 0.3) is 0 Å². The van der Waals surface area contributed by atoms with Gasteiger partial charge in [0.05, 0.1) is 18.2 Å². The van der Waals surface area contributed by atoms with E-state index < -0.39 is 6.10 Å². The molecule has 1 aromatic heterocycles. The first-order valence-corrected chi connectivity index (χ1v) is 5.50. The summed E-state index contributed by atoms with van der Waals surface area (Å²) in [5.41, 5.74) is 1.61. The zero-order chi connectivity index (χ0) is 11.7. The van der Waals surface area contributed by atoms with Crippen molar-refractivity contribution in [3.63, 3.8) is 0 Å². The van der Waals surface area contributed by atoms with Gasteiger partial charge in [0, 0.05) is 0 Å². The molecule has 1 atom stereocenters. The van der Waals surface area contributed by atoms with Crippen molar-refractivity contribution in [2.75, 3.05) is 0 Å². The number of imidazole rings is 1. The molecule has 0 amide bonds. The van der Waals surface area contributed by atoms with Crippen LogP contribution in [-0.2, 0) is 0 Å². The van der Waals surface area contributed by atoms with Gasteiger partial charge >= 0.3 is 0 Å². The summed E-state index contributed by atoms with van der Waals surface area (Å²) >= 11 is 0. The van der Waals surface area contributed by atoms with Gasteiger partial charge < -0.3 is 10.1 Å². The van der Waals surface area contributed by atoms with Gasteiger partial charge in [0.1, 0.15) is 6.10 Å². The quantitative estimate of drug-likeness (QED) is 0.744. The molecule has 92 valence electrons. The molecule has 0 radical (unpaired) electrons. The summed E-state index contributed by atoms with van der Waals surface area (Å²) in [5.74, 6) is 0. The summed E-state index contributed by atoms with van der Waals surface area (Å²) in [5, 5.41) is 12.5. The molecule has 0 bridgehead atoms. The molecule has 3 rings (SSSR count). The van der Waals surface area contributed by atoms with Crippen molar-refractivity contribution < 1.29 is 5.11 Å². The first kappa shape index (κ1) is 12.6. The maximum atomic E-state index is 10.3. The van der Waals surface area contributed by atoms with E-state index in [4.69, 9.17) is 0 Å². The number of hydrogen-bond acceptors (Lipinski definition) is 2. The number of benzene rings is 2. The van der Waals surface area contributed by atoms with E-state index in [2.05, 4.69) is 9.97 Å². The Morgan fingerprint density at radius 1 is 1.06 bits per heavy atom. The minimum absolute atomic E-state index is 0. The molecule has 2 aromatic carbocycles. The number of rotatable bonds is 2. The molecule has 0 spiro atoms. The summed E-state index contributed by atoms with van der Waals surface area (Å²) < 4.78 is 0. The molecule has 4 heteroatoms. The number of fused-ring (bicyclic) bond motifs is 1. The van der Waals surface area contributed by atoms with E-state index in [1.54, 1.807) is 12.5 Å². The second-order valence-corrected chi connectivity index (χ2v) is 3.98. The fourth-order valence-corrected chi connectivity index (χ4v) is 2.07. The minimum atomic E-state index is -0.663. The molecule has 0 saturated heterocycles. The molecule has 1 heterocycles. The Hall–Kier alpha value is -1.84. The second kappa shape index (κ2) is 5.21. The van der Waals surface area contributed by atoms with Crippen molar-refractivity contribution in [3.8, 4) is 0 Å². The average molecular weight is 261 g/mol. The molecular weight excluding hydrogens is 248 g/mol. The van der Waals surface area contributed by atoms with E-state index in [-0.39, 0.29) is 12.4 Å². The Balaban J connectivity index is 0.00000120. The van der Waals surface area contributed by atoms with Crippen molar-refractivity contribution in [1.29, 1.82) is 0 Å². The highest BCUT2D eigenvalue weighted by molar-refractivity contribution is 5.86. The number of aromatic nitrogens is 2. The van der Waals surface area contributed by atoms with Crippen LogP contribution in [0.25, 0.3) is 10.8 Å². The van der Waals surface area contributed by atoms with E-state index >= 15 is 0 Å². The van der Waals surface area contributed by atoms with Gasteiger partial charge in [-0.25, -0.2) is 4.98 Å². The zero-order valence-electron chi connectivity index (χ0n) is 9.58. The Kier molecular flexibility index (Phi) is 3.65. The molecule has 1 unspecified atom stereocenters. The van der Waals surface area contributed by atoms with Crippen LogP contribution in [0.4, 0.5) is 0 Å². The van der Waals surface area contributed by atoms with Gasteiger partial charge in [0.15, 0.2) is 0 Å². The number of H-pyrrole nitrogens is 1. The summed E-state index contributed by atoms with van der Waals surface area (Å²) in [6, 6.07) is 14.0. The summed E-state index contributed by atoms with van der Waals surface area (Å²) in [4.78, 5) is 6.87. The molecule has 0 saturated carbocycles. The number of aliphatic hydroxyl groups excluding tert-OH is 1. The first-order valence-electron chi connectivity index (χ1n) is 5.50. The van der Waals surface area contributed by atoms with Crippen LogP contribution < -0.4 is 0 Å². The lowest BCUT2D eigenvalue weighted by Crippen LogP contribution is -2.00. The van der Waals surface area contributed by atoms with Crippen molar-refractivity contribution in [2.45, 2.75) is 6.10 Å². The Labute approximate surface area is 111 Å². The van der Waals surface area contributed by atoms with Gasteiger partial charge in [-0.1, -0.05) is 42.5 Å². The van der Waals surface area contributed by atoms with Gasteiger partial charge in [-0.15, -0.1) is 12.4 Å². The second-order valence-electron chi connectivity index (χ2n) is 3.98. The number of hydrogen-bond donors (Lipinski definition) is 2. The molecule has 0 aliphatic rings. The van der Waals surface area contributed by atoms with Crippen LogP contribution in [0, 0.1) is 0 Å². The van der Waals surface area contributed by atoms with Crippen molar-refractivity contribution >= 4 is 23.2 Å². The van der Waals surface area contributed by atoms with E-state index in [1.807, 2.05) is 42.5 Å². The third-order valence-electron chi connectivity index (χ3n) is 2.93. The maximum Gasteiger partial charge on any atom is 0.121 e. The van der Waals surface area contributed by atoms with Crippen LogP contribution >= 0.6 is 12.4 Å². The topological polar surface area (TPSA) is 48.9 Å². The first-order chi connectivity index (χ1) is 8.36. The molecule has 3 nitrogen and oxygen atoms in total. The molecular formula is C14H13ClN2O. The van der Waals surface area contributed by atoms with Crippen LogP contribution in [0.1, 0.15) is 17.4 Å². The predicted octanol–water partition coefficient (Wildman–Crippen LogP) is 3.07. The van der Waals surface area contributed by atoms with E-state index in [1.165, 1.54) is 0 Å². The SMILES string of the molecule is Cl.OC(c1cnc[nH]1)c1cccc2ccccc12. The highest BCUT2D eigenvalue weighted by Crippen LogP contribution is 2.27. The molecule has 0 fully saturated rings. The molecule has 2 N–H and O–H groups in total. The Morgan fingerprint density at radius 3 is 2.61 bits per heavy atom. The lowest BCUT2D eigenvalue weighted by Gasteiger charge is -2.11. The lowest BCUT2D eigenvalue weighted by atomic mass is 9.99. The van der Waals surface area contributed by atoms with Crippen molar-refractivity contribution in [3.05, 3.63) is 66.2 Å². The van der Waals surface area contributed by atoms with Gasteiger partial charge in [-0.3, -0.25) is 0 Å². The van der Waals surface area contributed by atoms with Crippen molar-refractivity contribution in [2.24, 2.45) is 0 Å². The molecule has 18 heavy (non-hydrogen) atoms. The van der Waals surface area contributed by atoms with Crippen LogP contribution in [0.5, 0.6) is 0 Å². The average Bonchev–Trinajstić information content (AvgIpc) is 2.91. The highest BCUT2D eigenvalue weighted by atomic mass is 35.5. The lowest BCUT2D eigenvalue weighted by molar-refractivity contribution is 0.217. The van der Waals surface area contributed by atoms with Crippen LogP contribution in [-0.4, -0.2) is 15.1 Å². The fourth-order valence-electron chi connectivity index (χ4n) is 2.07. The number of nitrogens with zero attached hydrogens (tertiary/aromatic N) is 1. The standard InChI is InChI=1S/C14H12N2O.ClH/c17-14(13-8-15-9-16-13)12-7-3-5-10-4-1-2-6-11(10)12;/h1-9,14,17H,(H,15,16);1H. The summed E-state index contributed by atoms with van der Waals surface area (Å²) in [6.45, 7) is 0. The van der Waals surface area contributed by atoms with Crippen LogP contribution in [0.2, 0.25) is 0 Å². The minimum Gasteiger partial charge on any atom is -0.382 e. The Bertz CT molecular complexity index is 632. The number of nitrogens with one attached hydrogen (secondary N) is 1. The number of aromatic amines is 1. The highest BCUT2D eigenvalue weighted by Gasteiger charge is 2.13. The monoisotopic (exact) mass is 260 g/mol. The van der Waals surface area contributed by atoms with Crippen LogP contribution in [0.15, 0.2) is 55.0 Å². The summed E-state index contributed by atoms with van der Waals surface area (Å²) in [7, 11) is 0. The number of halogens is 1. The molecule has 0 aliphatic carbocycles. The third-order valence-corrected chi connectivity index (χ3v) is 2.93. The van der Waals surface area contributed by atoms with Gasteiger partial charge in [-0.05, 0) is 16.3 Å². The predicted molar refractivity (Wildman–Crippen MR) is 73.8 cm³/mol. The maximum absolute atomic E-state index is 10.3. The molecule has 0 aliphatic heterocycles.